The Morgan fingerprint density at radius 2 is 2.40 bits per heavy atom. The van der Waals surface area contributed by atoms with Crippen LogP contribution in [0, 0.1) is 0 Å². The predicted octanol–water partition coefficient (Wildman–Crippen LogP) is 1.54. The zero-order valence-electron chi connectivity index (χ0n) is 8.11. The zero-order chi connectivity index (χ0) is 10.7. The molecule has 0 aromatic carbocycles. The van der Waals surface area contributed by atoms with Crippen molar-refractivity contribution in [3.8, 4) is 0 Å². The second kappa shape index (κ2) is 4.61. The molecule has 1 aromatic rings. The number of pyridine rings is 1. The van der Waals surface area contributed by atoms with Crippen molar-refractivity contribution in [1.82, 2.24) is 10.4 Å². The van der Waals surface area contributed by atoms with E-state index in [1.807, 2.05) is 12.1 Å². The van der Waals surface area contributed by atoms with Gasteiger partial charge in [-0.25, -0.2) is 5.43 Å². The number of nitrogens with two attached hydrogens (primary N) is 1. The summed E-state index contributed by atoms with van der Waals surface area (Å²) in [7, 11) is 0. The van der Waals surface area contributed by atoms with Gasteiger partial charge in [0.05, 0.1) is 17.3 Å². The number of hydrogen-bond donors (Lipinski definition) is 2. The lowest BCUT2D eigenvalue weighted by Gasteiger charge is -2.16. The summed E-state index contributed by atoms with van der Waals surface area (Å²) in [6.07, 6.45) is 4.53. The van der Waals surface area contributed by atoms with E-state index < -0.39 is 0 Å². The van der Waals surface area contributed by atoms with Crippen molar-refractivity contribution >= 4 is 11.6 Å². The van der Waals surface area contributed by atoms with Crippen molar-refractivity contribution in [3.05, 3.63) is 40.9 Å². The maximum absolute atomic E-state index is 5.76. The first kappa shape index (κ1) is 10.4. The molecule has 2 rings (SSSR count). The van der Waals surface area contributed by atoms with Gasteiger partial charge in [-0.2, -0.15) is 0 Å². The number of hydrogen-bond acceptors (Lipinski definition) is 4. The van der Waals surface area contributed by atoms with Gasteiger partial charge in [-0.05, 0) is 18.2 Å². The van der Waals surface area contributed by atoms with Crippen LogP contribution < -0.4 is 11.3 Å². The fraction of sp³-hybridized carbons (Fsp3) is 0.300. The van der Waals surface area contributed by atoms with Gasteiger partial charge in [-0.3, -0.25) is 10.8 Å². The van der Waals surface area contributed by atoms with Crippen molar-refractivity contribution < 1.29 is 4.74 Å². The monoisotopic (exact) mass is 225 g/mol. The Hall–Kier alpha value is -1.10. The third-order valence-corrected chi connectivity index (χ3v) is 2.45. The number of rotatable bonds is 3. The Morgan fingerprint density at radius 1 is 1.53 bits per heavy atom. The van der Waals surface area contributed by atoms with Crippen LogP contribution in [-0.2, 0) is 4.74 Å². The average molecular weight is 226 g/mol. The molecule has 0 radical (unpaired) electrons. The van der Waals surface area contributed by atoms with E-state index in [0.717, 1.165) is 17.9 Å². The second-order valence-corrected chi connectivity index (χ2v) is 3.68. The Bertz CT molecular complexity index is 363. The molecular formula is C10H12ClN3O. The lowest BCUT2D eigenvalue weighted by molar-refractivity contribution is 0.214. The highest BCUT2D eigenvalue weighted by atomic mass is 35.5. The molecule has 5 heteroatoms. The highest BCUT2D eigenvalue weighted by Gasteiger charge is 2.20. The highest BCUT2D eigenvalue weighted by Crippen LogP contribution is 2.24. The third kappa shape index (κ3) is 2.28. The molecule has 2 heterocycles. The highest BCUT2D eigenvalue weighted by molar-refractivity contribution is 6.30. The molecule has 80 valence electrons. The van der Waals surface area contributed by atoms with Crippen LogP contribution in [0.1, 0.15) is 18.2 Å². The molecule has 1 atom stereocenters. The van der Waals surface area contributed by atoms with E-state index in [1.54, 1.807) is 12.3 Å². The van der Waals surface area contributed by atoms with Gasteiger partial charge >= 0.3 is 0 Å². The quantitative estimate of drug-likeness (QED) is 0.605. The number of nitrogens with zero attached hydrogens (tertiary/aromatic N) is 1. The molecule has 0 saturated carbocycles. The van der Waals surface area contributed by atoms with Gasteiger partial charge in [0.2, 0.25) is 0 Å². The predicted molar refractivity (Wildman–Crippen MR) is 58.0 cm³/mol. The molecule has 1 aliphatic rings. The molecule has 0 aliphatic carbocycles. The molecule has 1 unspecified atom stereocenters. The van der Waals surface area contributed by atoms with Crippen molar-refractivity contribution in [2.24, 2.45) is 5.84 Å². The number of nitrogens with one attached hydrogen (secondary N) is 1. The summed E-state index contributed by atoms with van der Waals surface area (Å²) in [5.74, 6) is 6.31. The number of hydrazine groups is 1. The van der Waals surface area contributed by atoms with Crippen molar-refractivity contribution in [3.63, 3.8) is 0 Å². The Morgan fingerprint density at radius 3 is 2.93 bits per heavy atom. The minimum absolute atomic E-state index is 0.190. The van der Waals surface area contributed by atoms with Crippen LogP contribution in [0.15, 0.2) is 30.2 Å². The zero-order valence-corrected chi connectivity index (χ0v) is 8.87. The normalized spacial score (nSPS) is 17.1. The molecule has 4 nitrogen and oxygen atoms in total. The van der Waals surface area contributed by atoms with E-state index >= 15 is 0 Å². The smallest absolute Gasteiger partial charge is 0.120 e. The Kier molecular flexibility index (Phi) is 3.20. The maximum Gasteiger partial charge on any atom is 0.120 e. The summed E-state index contributed by atoms with van der Waals surface area (Å²) < 4.78 is 5.44. The van der Waals surface area contributed by atoms with Crippen LogP contribution in [0.25, 0.3) is 0 Å². The molecule has 0 amide bonds. The van der Waals surface area contributed by atoms with Gasteiger partial charge in [-0.15, -0.1) is 0 Å². The minimum atomic E-state index is -0.190. The van der Waals surface area contributed by atoms with Crippen LogP contribution in [0.5, 0.6) is 0 Å². The van der Waals surface area contributed by atoms with Crippen LogP contribution in [0.2, 0.25) is 5.02 Å². The summed E-state index contributed by atoms with van der Waals surface area (Å²) in [5.41, 5.74) is 3.48. The summed E-state index contributed by atoms with van der Waals surface area (Å²) >= 11 is 5.76. The van der Waals surface area contributed by atoms with Gasteiger partial charge in [-0.1, -0.05) is 11.6 Å². The first-order valence-corrected chi connectivity index (χ1v) is 5.09. The first-order chi connectivity index (χ1) is 7.31. The molecular weight excluding hydrogens is 214 g/mol. The third-order valence-electron chi connectivity index (χ3n) is 2.23. The van der Waals surface area contributed by atoms with Gasteiger partial charge in [0.15, 0.2) is 0 Å². The molecule has 1 aromatic heterocycles. The van der Waals surface area contributed by atoms with E-state index in [4.69, 9.17) is 22.2 Å². The van der Waals surface area contributed by atoms with Crippen molar-refractivity contribution in [2.75, 3.05) is 6.61 Å². The topological polar surface area (TPSA) is 60.2 Å². The Balaban J connectivity index is 2.22. The summed E-state index contributed by atoms with van der Waals surface area (Å²) in [6, 6.07) is 3.42. The minimum Gasteiger partial charge on any atom is -0.496 e. The molecule has 0 saturated heterocycles. The van der Waals surface area contributed by atoms with Crippen LogP contribution >= 0.6 is 11.6 Å². The maximum atomic E-state index is 5.76. The molecule has 3 N–H and O–H groups in total. The van der Waals surface area contributed by atoms with Gasteiger partial charge in [0.25, 0.3) is 0 Å². The fourth-order valence-corrected chi connectivity index (χ4v) is 1.62. The van der Waals surface area contributed by atoms with E-state index in [1.165, 1.54) is 0 Å². The van der Waals surface area contributed by atoms with E-state index in [9.17, 15) is 0 Å². The SMILES string of the molecule is NNC(C1=CCCO1)c1ccc(Cl)cn1. The summed E-state index contributed by atoms with van der Waals surface area (Å²) in [5, 5.41) is 0.607. The second-order valence-electron chi connectivity index (χ2n) is 3.24. The van der Waals surface area contributed by atoms with Gasteiger partial charge in [0, 0.05) is 12.6 Å². The number of ether oxygens (including phenoxy) is 1. The van der Waals surface area contributed by atoms with Crippen molar-refractivity contribution in [1.29, 1.82) is 0 Å². The lowest BCUT2D eigenvalue weighted by Crippen LogP contribution is -2.30. The Labute approximate surface area is 93.1 Å². The molecule has 15 heavy (non-hydrogen) atoms. The van der Waals surface area contributed by atoms with Crippen LogP contribution in [-0.4, -0.2) is 11.6 Å². The molecule has 0 bridgehead atoms. The number of aromatic nitrogens is 1. The lowest BCUT2D eigenvalue weighted by atomic mass is 10.1. The fourth-order valence-electron chi connectivity index (χ4n) is 1.51. The average Bonchev–Trinajstić information content (AvgIpc) is 2.75. The standard InChI is InChI=1S/C10H12ClN3O/c11-7-3-4-8(13-6-7)10(14-12)9-2-1-5-15-9/h2-4,6,10,14H,1,5,12H2. The van der Waals surface area contributed by atoms with E-state index in [2.05, 4.69) is 10.4 Å². The van der Waals surface area contributed by atoms with E-state index in [0.29, 0.717) is 11.6 Å². The number of halogens is 1. The molecule has 1 aliphatic heterocycles. The molecule has 0 spiro atoms. The summed E-state index contributed by atoms with van der Waals surface area (Å²) in [6.45, 7) is 0.709. The summed E-state index contributed by atoms with van der Waals surface area (Å²) in [4.78, 5) is 4.20. The van der Waals surface area contributed by atoms with E-state index in [-0.39, 0.29) is 6.04 Å². The van der Waals surface area contributed by atoms with Crippen LogP contribution in [0.4, 0.5) is 0 Å². The van der Waals surface area contributed by atoms with Gasteiger partial charge in [0.1, 0.15) is 11.8 Å². The van der Waals surface area contributed by atoms with Gasteiger partial charge < -0.3 is 4.74 Å². The van der Waals surface area contributed by atoms with Crippen LogP contribution in [0.3, 0.4) is 0 Å². The largest absolute Gasteiger partial charge is 0.496 e. The van der Waals surface area contributed by atoms with Crippen molar-refractivity contribution in [2.45, 2.75) is 12.5 Å². The molecule has 0 fully saturated rings. The first-order valence-electron chi connectivity index (χ1n) is 4.71.